The molecule has 4 heterocycles. The lowest BCUT2D eigenvalue weighted by Crippen LogP contribution is -2.11. The fraction of sp³-hybridized carbons (Fsp3) is 0.192. The fourth-order valence-corrected chi connectivity index (χ4v) is 7.95. The SMILES string of the molecule is Cc1csc2ccc3c4ccnc(-c5cc(C(C)(C)C)c6sccc6c5)c4sc3c12. The van der Waals surface area contributed by atoms with Crippen LogP contribution in [0.15, 0.2) is 53.4 Å². The molecule has 0 bridgehead atoms. The minimum absolute atomic E-state index is 0.0904. The van der Waals surface area contributed by atoms with Crippen molar-refractivity contribution < 1.29 is 0 Å². The molecule has 4 aromatic heterocycles. The molecule has 2 aromatic carbocycles. The van der Waals surface area contributed by atoms with E-state index >= 15 is 0 Å². The topological polar surface area (TPSA) is 12.9 Å². The minimum atomic E-state index is 0.0904. The maximum atomic E-state index is 4.89. The molecule has 0 N–H and O–H groups in total. The van der Waals surface area contributed by atoms with Crippen molar-refractivity contribution in [1.29, 1.82) is 0 Å². The third kappa shape index (κ3) is 2.60. The number of rotatable bonds is 1. The summed E-state index contributed by atoms with van der Waals surface area (Å²) in [5.41, 5.74) is 5.19. The third-order valence-electron chi connectivity index (χ3n) is 5.91. The van der Waals surface area contributed by atoms with Crippen molar-refractivity contribution in [2.75, 3.05) is 0 Å². The van der Waals surface area contributed by atoms with Gasteiger partial charge in [-0.05, 0) is 69.9 Å². The van der Waals surface area contributed by atoms with Gasteiger partial charge in [0, 0.05) is 42.0 Å². The van der Waals surface area contributed by atoms with Gasteiger partial charge in [-0.15, -0.1) is 34.0 Å². The van der Waals surface area contributed by atoms with Crippen molar-refractivity contribution in [3.63, 3.8) is 0 Å². The number of benzene rings is 2. The summed E-state index contributed by atoms with van der Waals surface area (Å²) in [6, 6.07) is 13.7. The Balaban J connectivity index is 1.71. The van der Waals surface area contributed by atoms with E-state index in [9.17, 15) is 0 Å². The van der Waals surface area contributed by atoms with Crippen LogP contribution in [0, 0.1) is 6.92 Å². The van der Waals surface area contributed by atoms with Gasteiger partial charge >= 0.3 is 0 Å². The molecule has 0 radical (unpaired) electrons. The second kappa shape index (κ2) is 6.36. The van der Waals surface area contributed by atoms with Crippen LogP contribution >= 0.6 is 34.0 Å². The summed E-state index contributed by atoms with van der Waals surface area (Å²) in [5.74, 6) is 0. The Morgan fingerprint density at radius 2 is 1.70 bits per heavy atom. The molecule has 0 aliphatic heterocycles. The molecule has 0 aliphatic rings. The van der Waals surface area contributed by atoms with Crippen LogP contribution in [0.2, 0.25) is 0 Å². The lowest BCUT2D eigenvalue weighted by molar-refractivity contribution is 0.597. The number of aryl methyl sites for hydroxylation is 1. The monoisotopic (exact) mass is 443 g/mol. The number of aromatic nitrogens is 1. The van der Waals surface area contributed by atoms with Crippen molar-refractivity contribution >= 4 is 74.4 Å². The van der Waals surface area contributed by atoms with E-state index in [1.165, 1.54) is 57.0 Å². The molecule has 0 fully saturated rings. The Morgan fingerprint density at radius 3 is 2.53 bits per heavy atom. The highest BCUT2D eigenvalue weighted by Gasteiger charge is 2.21. The predicted octanol–water partition coefficient (Wildman–Crippen LogP) is 9.15. The van der Waals surface area contributed by atoms with Crippen LogP contribution < -0.4 is 0 Å². The van der Waals surface area contributed by atoms with E-state index in [0.29, 0.717) is 0 Å². The highest BCUT2D eigenvalue weighted by atomic mass is 32.1. The van der Waals surface area contributed by atoms with E-state index in [1.807, 2.05) is 40.2 Å². The van der Waals surface area contributed by atoms with Crippen molar-refractivity contribution in [1.82, 2.24) is 4.98 Å². The number of nitrogens with zero attached hydrogens (tertiary/aromatic N) is 1. The van der Waals surface area contributed by atoms with E-state index in [-0.39, 0.29) is 5.41 Å². The lowest BCUT2D eigenvalue weighted by Gasteiger charge is -2.21. The summed E-state index contributed by atoms with van der Waals surface area (Å²) >= 11 is 5.58. The zero-order chi connectivity index (χ0) is 20.6. The second-order valence-electron chi connectivity index (χ2n) is 8.99. The molecule has 0 amide bonds. The average molecular weight is 444 g/mol. The number of pyridine rings is 1. The first-order valence-electron chi connectivity index (χ1n) is 10.1. The first-order valence-corrected chi connectivity index (χ1v) is 12.7. The molecular weight excluding hydrogens is 422 g/mol. The summed E-state index contributed by atoms with van der Waals surface area (Å²) in [7, 11) is 0. The standard InChI is InChI=1S/C26H21NS3/c1-14-13-29-20-6-5-17-18-7-9-27-22(25(18)30-24(17)21(14)20)16-11-15-8-10-28-23(15)19(12-16)26(2,3)4/h5-13H,1-4H3. The predicted molar refractivity (Wildman–Crippen MR) is 137 cm³/mol. The molecule has 0 unspecified atom stereocenters. The number of hydrogen-bond donors (Lipinski definition) is 0. The maximum Gasteiger partial charge on any atom is 0.0880 e. The smallest absolute Gasteiger partial charge is 0.0880 e. The van der Waals surface area contributed by atoms with Crippen LogP contribution in [-0.4, -0.2) is 4.98 Å². The average Bonchev–Trinajstić information content (AvgIpc) is 3.42. The molecule has 0 saturated carbocycles. The first-order chi connectivity index (χ1) is 14.4. The van der Waals surface area contributed by atoms with Crippen molar-refractivity contribution in [2.24, 2.45) is 0 Å². The molecule has 148 valence electrons. The molecule has 1 nitrogen and oxygen atoms in total. The Labute approximate surface area is 187 Å². The van der Waals surface area contributed by atoms with Gasteiger partial charge in [-0.3, -0.25) is 4.98 Å². The summed E-state index contributed by atoms with van der Waals surface area (Å²) in [6.45, 7) is 9.13. The lowest BCUT2D eigenvalue weighted by atomic mass is 9.85. The van der Waals surface area contributed by atoms with Crippen LogP contribution in [0.25, 0.3) is 51.6 Å². The summed E-state index contributed by atoms with van der Waals surface area (Å²) in [6.07, 6.45) is 1.98. The quantitative estimate of drug-likeness (QED) is 0.247. The van der Waals surface area contributed by atoms with E-state index in [1.54, 1.807) is 0 Å². The Hall–Kier alpha value is -2.27. The van der Waals surface area contributed by atoms with Crippen LogP contribution in [0.1, 0.15) is 31.9 Å². The van der Waals surface area contributed by atoms with E-state index < -0.39 is 0 Å². The van der Waals surface area contributed by atoms with Gasteiger partial charge in [-0.25, -0.2) is 0 Å². The van der Waals surface area contributed by atoms with Gasteiger partial charge in [-0.2, -0.15) is 0 Å². The van der Waals surface area contributed by atoms with Crippen molar-refractivity contribution in [3.8, 4) is 11.3 Å². The van der Waals surface area contributed by atoms with Gasteiger partial charge in [-0.1, -0.05) is 26.8 Å². The van der Waals surface area contributed by atoms with Crippen LogP contribution in [0.3, 0.4) is 0 Å². The van der Waals surface area contributed by atoms with Crippen molar-refractivity contribution in [3.05, 3.63) is 64.5 Å². The molecule has 0 spiro atoms. The normalized spacial score (nSPS) is 12.7. The molecule has 0 atom stereocenters. The summed E-state index contributed by atoms with van der Waals surface area (Å²) in [5, 5.41) is 9.86. The van der Waals surface area contributed by atoms with Gasteiger partial charge in [0.15, 0.2) is 0 Å². The fourth-order valence-electron chi connectivity index (χ4n) is 4.41. The third-order valence-corrected chi connectivity index (χ3v) is 9.18. The van der Waals surface area contributed by atoms with E-state index in [2.05, 4.69) is 74.9 Å². The number of thiophene rings is 3. The Bertz CT molecular complexity index is 1590. The Morgan fingerprint density at radius 1 is 0.867 bits per heavy atom. The van der Waals surface area contributed by atoms with Gasteiger partial charge in [0.05, 0.1) is 10.4 Å². The molecular formula is C26H21NS3. The number of fused-ring (bicyclic) bond motifs is 6. The highest BCUT2D eigenvalue weighted by molar-refractivity contribution is 7.28. The van der Waals surface area contributed by atoms with Crippen LogP contribution in [-0.2, 0) is 5.41 Å². The zero-order valence-corrected chi connectivity index (χ0v) is 19.8. The molecule has 4 heteroatoms. The summed E-state index contributed by atoms with van der Waals surface area (Å²) in [4.78, 5) is 4.89. The van der Waals surface area contributed by atoms with E-state index in [0.717, 1.165) is 5.69 Å². The van der Waals surface area contributed by atoms with Crippen LogP contribution in [0.4, 0.5) is 0 Å². The highest BCUT2D eigenvalue weighted by Crippen LogP contribution is 2.45. The van der Waals surface area contributed by atoms with Crippen molar-refractivity contribution in [2.45, 2.75) is 33.1 Å². The zero-order valence-electron chi connectivity index (χ0n) is 17.4. The molecule has 6 aromatic rings. The van der Waals surface area contributed by atoms with Gasteiger partial charge in [0.2, 0.25) is 0 Å². The molecule has 0 aliphatic carbocycles. The van der Waals surface area contributed by atoms with E-state index in [4.69, 9.17) is 4.98 Å². The number of hydrogen-bond acceptors (Lipinski definition) is 4. The molecule has 0 saturated heterocycles. The first kappa shape index (κ1) is 18.5. The van der Waals surface area contributed by atoms with Gasteiger partial charge in [0.25, 0.3) is 0 Å². The Kier molecular flexibility index (Phi) is 3.92. The second-order valence-corrected chi connectivity index (χ2v) is 11.8. The summed E-state index contributed by atoms with van der Waals surface area (Å²) < 4.78 is 5.45. The maximum absolute atomic E-state index is 4.89. The largest absolute Gasteiger partial charge is 0.255 e. The van der Waals surface area contributed by atoms with Gasteiger partial charge in [0.1, 0.15) is 0 Å². The van der Waals surface area contributed by atoms with Gasteiger partial charge < -0.3 is 0 Å². The van der Waals surface area contributed by atoms with Crippen LogP contribution in [0.5, 0.6) is 0 Å². The minimum Gasteiger partial charge on any atom is -0.255 e. The molecule has 30 heavy (non-hydrogen) atoms. The molecule has 6 rings (SSSR count).